The Morgan fingerprint density at radius 3 is 2.55 bits per heavy atom. The fourth-order valence-electron chi connectivity index (χ4n) is 2.75. The van der Waals surface area contributed by atoms with E-state index in [4.69, 9.17) is 14.2 Å². The van der Waals surface area contributed by atoms with Crippen LogP contribution in [-0.4, -0.2) is 32.2 Å². The highest BCUT2D eigenvalue weighted by Crippen LogP contribution is 2.28. The monoisotopic (exact) mass is 397 g/mol. The Labute approximate surface area is 171 Å². The van der Waals surface area contributed by atoms with Crippen molar-refractivity contribution in [3.05, 3.63) is 66.2 Å². The van der Waals surface area contributed by atoms with Gasteiger partial charge in [-0.25, -0.2) is 4.79 Å². The van der Waals surface area contributed by atoms with Gasteiger partial charge in [0.15, 0.2) is 24.7 Å². The quantitative estimate of drug-likeness (QED) is 0.482. The Hall–Kier alpha value is -3.28. The third kappa shape index (κ3) is 6.68. The average Bonchev–Trinajstić information content (AvgIpc) is 2.71. The third-order valence-corrected chi connectivity index (χ3v) is 4.17. The summed E-state index contributed by atoms with van der Waals surface area (Å²) < 4.78 is 15.8. The second-order valence-electron chi connectivity index (χ2n) is 6.72. The van der Waals surface area contributed by atoms with E-state index in [-0.39, 0.29) is 19.1 Å². The molecule has 154 valence electrons. The van der Waals surface area contributed by atoms with Crippen LogP contribution in [0.15, 0.2) is 55.1 Å². The molecule has 0 aromatic heterocycles. The smallest absolute Gasteiger partial charge is 0.344 e. The first kappa shape index (κ1) is 22.0. The van der Waals surface area contributed by atoms with Crippen molar-refractivity contribution >= 4 is 17.6 Å². The van der Waals surface area contributed by atoms with Crippen LogP contribution in [0.3, 0.4) is 0 Å². The van der Waals surface area contributed by atoms with Crippen LogP contribution in [0.5, 0.6) is 11.5 Å². The van der Waals surface area contributed by atoms with Gasteiger partial charge in [0.1, 0.15) is 0 Å². The van der Waals surface area contributed by atoms with Gasteiger partial charge in [0.05, 0.1) is 7.11 Å². The number of hydrogen-bond acceptors (Lipinski definition) is 5. The molecule has 0 aliphatic carbocycles. The molecule has 6 nitrogen and oxygen atoms in total. The molecular formula is C23H27NO5. The summed E-state index contributed by atoms with van der Waals surface area (Å²) in [6.45, 7) is 7.07. The van der Waals surface area contributed by atoms with E-state index in [1.165, 1.54) is 7.11 Å². The van der Waals surface area contributed by atoms with Crippen LogP contribution in [0.4, 0.5) is 5.69 Å². The van der Waals surface area contributed by atoms with E-state index < -0.39 is 11.9 Å². The molecule has 2 rings (SSSR count). The van der Waals surface area contributed by atoms with E-state index in [0.29, 0.717) is 23.6 Å². The summed E-state index contributed by atoms with van der Waals surface area (Å²) in [5.74, 6) is 0.149. The average molecular weight is 397 g/mol. The van der Waals surface area contributed by atoms with Crippen LogP contribution in [0.2, 0.25) is 0 Å². The van der Waals surface area contributed by atoms with E-state index in [1.54, 1.807) is 12.1 Å². The molecule has 6 heteroatoms. The van der Waals surface area contributed by atoms with Crippen molar-refractivity contribution in [3.63, 3.8) is 0 Å². The number of amides is 1. The molecule has 2 aromatic carbocycles. The van der Waals surface area contributed by atoms with Crippen molar-refractivity contribution in [2.24, 2.45) is 0 Å². The highest BCUT2D eigenvalue weighted by molar-refractivity contribution is 5.93. The van der Waals surface area contributed by atoms with Gasteiger partial charge in [0, 0.05) is 5.69 Å². The van der Waals surface area contributed by atoms with Gasteiger partial charge >= 0.3 is 5.97 Å². The summed E-state index contributed by atoms with van der Waals surface area (Å²) in [7, 11) is 1.53. The van der Waals surface area contributed by atoms with Gasteiger partial charge in [-0.15, -0.1) is 6.58 Å². The molecule has 0 spiro atoms. The van der Waals surface area contributed by atoms with Crippen LogP contribution < -0.4 is 14.8 Å². The maximum atomic E-state index is 12.1. The summed E-state index contributed by atoms with van der Waals surface area (Å²) in [5, 5.41) is 2.77. The molecule has 0 radical (unpaired) electrons. The summed E-state index contributed by atoms with van der Waals surface area (Å²) >= 11 is 0. The second kappa shape index (κ2) is 10.9. The molecular weight excluding hydrogens is 370 g/mol. The fraction of sp³-hybridized carbons (Fsp3) is 0.304. The number of nitrogens with one attached hydrogen (secondary N) is 1. The lowest BCUT2D eigenvalue weighted by atomic mass is 10.0. The summed E-state index contributed by atoms with van der Waals surface area (Å²) in [5.41, 5.74) is 2.75. The summed E-state index contributed by atoms with van der Waals surface area (Å²) in [4.78, 5) is 24.0. The van der Waals surface area contributed by atoms with Crippen molar-refractivity contribution in [1.82, 2.24) is 0 Å². The summed E-state index contributed by atoms with van der Waals surface area (Å²) in [6.07, 6.45) is 2.49. The minimum atomic E-state index is -0.644. The molecule has 2 aromatic rings. The molecule has 1 amide bonds. The first-order valence-electron chi connectivity index (χ1n) is 9.39. The van der Waals surface area contributed by atoms with Crippen molar-refractivity contribution < 1.29 is 23.8 Å². The second-order valence-corrected chi connectivity index (χ2v) is 6.72. The zero-order valence-electron chi connectivity index (χ0n) is 17.1. The molecule has 0 saturated carbocycles. The van der Waals surface area contributed by atoms with E-state index in [2.05, 4.69) is 11.9 Å². The Morgan fingerprint density at radius 1 is 1.10 bits per heavy atom. The van der Waals surface area contributed by atoms with Gasteiger partial charge in [-0.2, -0.15) is 0 Å². The molecule has 0 fully saturated rings. The van der Waals surface area contributed by atoms with Gasteiger partial charge in [-0.3, -0.25) is 4.79 Å². The van der Waals surface area contributed by atoms with Crippen molar-refractivity contribution in [2.75, 3.05) is 25.6 Å². The van der Waals surface area contributed by atoms with Crippen molar-refractivity contribution in [2.45, 2.75) is 26.2 Å². The standard InChI is InChI=1S/C23H27NO5/c1-5-8-17-11-12-20(21(13-17)27-4)28-15-23(26)29-14-22(25)24-19-10-7-6-9-18(19)16(2)3/h5-7,9-13,16H,1,8,14-15H2,2-4H3,(H,24,25). The number of ether oxygens (including phenoxy) is 3. The van der Waals surface area contributed by atoms with Gasteiger partial charge in [0.2, 0.25) is 0 Å². The minimum Gasteiger partial charge on any atom is -0.493 e. The van der Waals surface area contributed by atoms with Crippen molar-refractivity contribution in [1.29, 1.82) is 0 Å². The number of anilines is 1. The molecule has 0 aliphatic rings. The molecule has 0 bridgehead atoms. The van der Waals surface area contributed by atoms with Crippen LogP contribution >= 0.6 is 0 Å². The number of allylic oxidation sites excluding steroid dienone is 1. The van der Waals surface area contributed by atoms with E-state index in [0.717, 1.165) is 11.1 Å². The maximum absolute atomic E-state index is 12.1. The van der Waals surface area contributed by atoms with E-state index >= 15 is 0 Å². The topological polar surface area (TPSA) is 73.9 Å². The Balaban J connectivity index is 1.84. The van der Waals surface area contributed by atoms with E-state index in [9.17, 15) is 9.59 Å². The predicted molar refractivity (Wildman–Crippen MR) is 113 cm³/mol. The third-order valence-electron chi connectivity index (χ3n) is 4.17. The van der Waals surface area contributed by atoms with Gasteiger partial charge in [-0.1, -0.05) is 44.2 Å². The first-order valence-corrected chi connectivity index (χ1v) is 9.39. The lowest BCUT2D eigenvalue weighted by Gasteiger charge is -2.14. The Bertz CT molecular complexity index is 860. The van der Waals surface area contributed by atoms with Crippen LogP contribution in [-0.2, 0) is 20.7 Å². The molecule has 0 aliphatic heterocycles. The Morgan fingerprint density at radius 2 is 1.86 bits per heavy atom. The minimum absolute atomic E-state index is 0.260. The number of rotatable bonds is 10. The maximum Gasteiger partial charge on any atom is 0.344 e. The van der Waals surface area contributed by atoms with Gasteiger partial charge < -0.3 is 19.5 Å². The summed E-state index contributed by atoms with van der Waals surface area (Å²) in [6, 6.07) is 12.9. The molecule has 0 unspecified atom stereocenters. The molecule has 0 saturated heterocycles. The largest absolute Gasteiger partial charge is 0.493 e. The van der Waals surface area contributed by atoms with Crippen LogP contribution in [0, 0.1) is 0 Å². The SMILES string of the molecule is C=CCc1ccc(OCC(=O)OCC(=O)Nc2ccccc2C(C)C)c(OC)c1. The zero-order chi connectivity index (χ0) is 21.2. The molecule has 0 atom stereocenters. The van der Waals surface area contributed by atoms with Gasteiger partial charge in [0.25, 0.3) is 5.91 Å². The van der Waals surface area contributed by atoms with Crippen molar-refractivity contribution in [3.8, 4) is 11.5 Å². The number of carbonyl (C=O) groups excluding carboxylic acids is 2. The highest BCUT2D eigenvalue weighted by Gasteiger charge is 2.13. The fourth-order valence-corrected chi connectivity index (χ4v) is 2.75. The van der Waals surface area contributed by atoms with Crippen LogP contribution in [0.1, 0.15) is 30.9 Å². The molecule has 0 heterocycles. The Kier molecular flexibility index (Phi) is 8.27. The lowest BCUT2D eigenvalue weighted by molar-refractivity contribution is -0.149. The first-order chi connectivity index (χ1) is 13.9. The normalized spacial score (nSPS) is 10.3. The molecule has 1 N–H and O–H groups in total. The highest BCUT2D eigenvalue weighted by atomic mass is 16.6. The molecule has 29 heavy (non-hydrogen) atoms. The lowest BCUT2D eigenvalue weighted by Crippen LogP contribution is -2.24. The predicted octanol–water partition coefficient (Wildman–Crippen LogP) is 4.11. The van der Waals surface area contributed by atoms with E-state index in [1.807, 2.05) is 50.2 Å². The number of para-hydroxylation sites is 1. The number of carbonyl (C=O) groups is 2. The number of benzene rings is 2. The number of hydrogen-bond donors (Lipinski definition) is 1. The zero-order valence-corrected chi connectivity index (χ0v) is 17.1. The number of esters is 1. The van der Waals surface area contributed by atoms with Crippen LogP contribution in [0.25, 0.3) is 0 Å². The van der Waals surface area contributed by atoms with Gasteiger partial charge in [-0.05, 0) is 41.7 Å². The number of methoxy groups -OCH3 is 1.